The van der Waals surface area contributed by atoms with E-state index in [0.717, 1.165) is 16.3 Å². The first-order valence-electron chi connectivity index (χ1n) is 4.93. The van der Waals surface area contributed by atoms with Crippen LogP contribution in [0, 0.1) is 0 Å². The molecule has 0 unspecified atom stereocenters. The number of hydrogen-bond donors (Lipinski definition) is 2. The van der Waals surface area contributed by atoms with Crippen molar-refractivity contribution in [2.75, 3.05) is 11.1 Å². The van der Waals surface area contributed by atoms with Crippen LogP contribution in [0.4, 0.5) is 11.4 Å². The largest absolute Gasteiger partial charge is 0.397 e. The molecule has 1 heterocycles. The van der Waals surface area contributed by atoms with Crippen molar-refractivity contribution in [3.05, 3.63) is 53.3 Å². The maximum Gasteiger partial charge on any atom is 0.0504 e. The number of nitrogens with two attached hydrogens (primary N) is 1. The Labute approximate surface area is 99.3 Å². The zero-order valence-corrected chi connectivity index (χ0v) is 9.41. The molecule has 0 amide bonds. The molecule has 2 rings (SSSR count). The van der Waals surface area contributed by atoms with Gasteiger partial charge in [-0.1, -0.05) is 17.7 Å². The van der Waals surface area contributed by atoms with Gasteiger partial charge in [-0.05, 0) is 29.8 Å². The number of anilines is 2. The molecule has 0 saturated carbocycles. The van der Waals surface area contributed by atoms with Crippen LogP contribution >= 0.6 is 11.6 Å². The minimum Gasteiger partial charge on any atom is -0.397 e. The van der Waals surface area contributed by atoms with Crippen molar-refractivity contribution in [3.8, 4) is 0 Å². The Morgan fingerprint density at radius 3 is 2.88 bits per heavy atom. The Kier molecular flexibility index (Phi) is 3.27. The minimum atomic E-state index is 0.672. The van der Waals surface area contributed by atoms with E-state index < -0.39 is 0 Å². The number of nitrogens with zero attached hydrogens (tertiary/aromatic N) is 1. The predicted molar refractivity (Wildman–Crippen MR) is 67.4 cm³/mol. The van der Waals surface area contributed by atoms with Gasteiger partial charge in [0.05, 0.1) is 5.69 Å². The first-order chi connectivity index (χ1) is 7.74. The summed E-state index contributed by atoms with van der Waals surface area (Å²) in [7, 11) is 0. The highest BCUT2D eigenvalue weighted by molar-refractivity contribution is 6.30. The summed E-state index contributed by atoms with van der Waals surface area (Å²) in [6.07, 6.45) is 3.41. The summed E-state index contributed by atoms with van der Waals surface area (Å²) >= 11 is 5.88. The van der Waals surface area contributed by atoms with Crippen LogP contribution in [0.5, 0.6) is 0 Å². The fraction of sp³-hybridized carbons (Fsp3) is 0.0833. The summed E-state index contributed by atoms with van der Waals surface area (Å²) < 4.78 is 0. The number of nitrogens with one attached hydrogen (secondary N) is 1. The van der Waals surface area contributed by atoms with Gasteiger partial charge in [-0.25, -0.2) is 0 Å². The smallest absolute Gasteiger partial charge is 0.0504 e. The normalized spacial score (nSPS) is 10.1. The molecule has 0 saturated heterocycles. The van der Waals surface area contributed by atoms with Gasteiger partial charge in [0.2, 0.25) is 0 Å². The quantitative estimate of drug-likeness (QED) is 0.857. The predicted octanol–water partition coefficient (Wildman–Crippen LogP) is 2.93. The minimum absolute atomic E-state index is 0.672. The van der Waals surface area contributed by atoms with Crippen LogP contribution in [-0.4, -0.2) is 4.98 Å². The van der Waals surface area contributed by atoms with Crippen molar-refractivity contribution in [2.45, 2.75) is 6.54 Å². The number of nitrogen functional groups attached to an aromatic ring is 1. The highest BCUT2D eigenvalue weighted by atomic mass is 35.5. The van der Waals surface area contributed by atoms with Crippen molar-refractivity contribution in [1.82, 2.24) is 4.98 Å². The van der Waals surface area contributed by atoms with Crippen molar-refractivity contribution >= 4 is 23.0 Å². The van der Waals surface area contributed by atoms with Gasteiger partial charge in [0.15, 0.2) is 0 Å². The number of halogens is 1. The molecule has 16 heavy (non-hydrogen) atoms. The number of pyridine rings is 1. The number of hydrogen-bond acceptors (Lipinski definition) is 3. The molecule has 2 aromatic rings. The van der Waals surface area contributed by atoms with Gasteiger partial charge in [-0.2, -0.15) is 0 Å². The lowest BCUT2D eigenvalue weighted by Gasteiger charge is -2.06. The average Bonchev–Trinajstić information content (AvgIpc) is 2.27. The Morgan fingerprint density at radius 2 is 2.12 bits per heavy atom. The van der Waals surface area contributed by atoms with Crippen molar-refractivity contribution in [1.29, 1.82) is 0 Å². The maximum absolute atomic E-state index is 5.88. The topological polar surface area (TPSA) is 50.9 Å². The van der Waals surface area contributed by atoms with E-state index in [0.29, 0.717) is 12.2 Å². The first kappa shape index (κ1) is 10.8. The molecule has 0 aliphatic rings. The zero-order chi connectivity index (χ0) is 11.4. The second-order valence-electron chi connectivity index (χ2n) is 3.49. The Balaban J connectivity index is 2.02. The van der Waals surface area contributed by atoms with Crippen LogP contribution in [0.3, 0.4) is 0 Å². The molecule has 0 atom stereocenters. The van der Waals surface area contributed by atoms with Gasteiger partial charge in [-0.15, -0.1) is 0 Å². The molecular weight excluding hydrogens is 222 g/mol. The van der Waals surface area contributed by atoms with Crippen molar-refractivity contribution < 1.29 is 0 Å². The summed E-state index contributed by atoms with van der Waals surface area (Å²) in [5, 5.41) is 3.97. The summed E-state index contributed by atoms with van der Waals surface area (Å²) in [4.78, 5) is 4.02. The highest BCUT2D eigenvalue weighted by Gasteiger charge is 1.96. The van der Waals surface area contributed by atoms with Gasteiger partial charge >= 0.3 is 0 Å². The van der Waals surface area contributed by atoms with Crippen molar-refractivity contribution in [2.24, 2.45) is 0 Å². The van der Waals surface area contributed by atoms with E-state index in [1.807, 2.05) is 30.3 Å². The molecule has 1 aromatic heterocycles. The van der Waals surface area contributed by atoms with E-state index in [2.05, 4.69) is 10.3 Å². The van der Waals surface area contributed by atoms with Gasteiger partial charge in [-0.3, -0.25) is 4.98 Å². The third-order valence-corrected chi connectivity index (χ3v) is 2.37. The Bertz CT molecular complexity index is 440. The molecular formula is C12H12ClN3. The van der Waals surface area contributed by atoms with E-state index in [1.165, 1.54) is 0 Å². The molecule has 0 spiro atoms. The molecule has 4 heteroatoms. The number of benzene rings is 1. The van der Waals surface area contributed by atoms with Gasteiger partial charge in [0.1, 0.15) is 0 Å². The molecule has 0 bridgehead atoms. The van der Waals surface area contributed by atoms with Gasteiger partial charge < -0.3 is 11.1 Å². The third-order valence-electron chi connectivity index (χ3n) is 2.14. The summed E-state index contributed by atoms with van der Waals surface area (Å²) in [6, 6.07) is 9.48. The highest BCUT2D eigenvalue weighted by Crippen LogP contribution is 2.16. The SMILES string of the molecule is Nc1cncc(CNc2cccc(Cl)c2)c1. The lowest BCUT2D eigenvalue weighted by Crippen LogP contribution is -2.00. The van der Waals surface area contributed by atoms with Crippen LogP contribution in [-0.2, 0) is 6.54 Å². The lowest BCUT2D eigenvalue weighted by molar-refractivity contribution is 1.11. The van der Waals surface area contributed by atoms with Crippen LogP contribution in [0.25, 0.3) is 0 Å². The molecule has 82 valence electrons. The molecule has 0 aliphatic heterocycles. The summed E-state index contributed by atoms with van der Waals surface area (Å²) in [6.45, 7) is 0.679. The fourth-order valence-corrected chi connectivity index (χ4v) is 1.60. The first-order valence-corrected chi connectivity index (χ1v) is 5.31. The fourth-order valence-electron chi connectivity index (χ4n) is 1.41. The van der Waals surface area contributed by atoms with Crippen LogP contribution in [0.1, 0.15) is 5.56 Å². The molecule has 3 N–H and O–H groups in total. The summed E-state index contributed by atoms with van der Waals surface area (Å²) in [5.74, 6) is 0. The monoisotopic (exact) mass is 233 g/mol. The Hall–Kier alpha value is -1.74. The Morgan fingerprint density at radius 1 is 1.25 bits per heavy atom. The molecule has 0 aliphatic carbocycles. The summed E-state index contributed by atoms with van der Waals surface area (Å²) in [5.41, 5.74) is 8.34. The second-order valence-corrected chi connectivity index (χ2v) is 3.93. The molecule has 3 nitrogen and oxygen atoms in total. The van der Waals surface area contributed by atoms with E-state index in [-0.39, 0.29) is 0 Å². The maximum atomic E-state index is 5.88. The second kappa shape index (κ2) is 4.86. The van der Waals surface area contributed by atoms with Crippen LogP contribution < -0.4 is 11.1 Å². The van der Waals surface area contributed by atoms with E-state index >= 15 is 0 Å². The van der Waals surface area contributed by atoms with Gasteiger partial charge in [0, 0.05) is 29.6 Å². The number of rotatable bonds is 3. The van der Waals surface area contributed by atoms with E-state index in [1.54, 1.807) is 12.4 Å². The average molecular weight is 234 g/mol. The molecule has 0 fully saturated rings. The van der Waals surface area contributed by atoms with Crippen molar-refractivity contribution in [3.63, 3.8) is 0 Å². The van der Waals surface area contributed by atoms with E-state index in [9.17, 15) is 0 Å². The standard InChI is InChI=1S/C12H12ClN3/c13-10-2-1-3-12(5-10)16-7-9-4-11(14)8-15-6-9/h1-6,8,16H,7,14H2. The van der Waals surface area contributed by atoms with Crippen LogP contribution in [0.2, 0.25) is 5.02 Å². The zero-order valence-electron chi connectivity index (χ0n) is 8.65. The number of aromatic nitrogens is 1. The lowest BCUT2D eigenvalue weighted by atomic mass is 10.2. The molecule has 1 aromatic carbocycles. The van der Waals surface area contributed by atoms with Gasteiger partial charge in [0.25, 0.3) is 0 Å². The van der Waals surface area contributed by atoms with Crippen LogP contribution in [0.15, 0.2) is 42.7 Å². The third kappa shape index (κ3) is 2.87. The molecule has 0 radical (unpaired) electrons. The van der Waals surface area contributed by atoms with E-state index in [4.69, 9.17) is 17.3 Å².